The van der Waals surface area contributed by atoms with Gasteiger partial charge in [-0.3, -0.25) is 14.5 Å². The maximum absolute atomic E-state index is 11.3. The van der Waals surface area contributed by atoms with Crippen LogP contribution in [0.4, 0.5) is 0 Å². The van der Waals surface area contributed by atoms with Gasteiger partial charge in [0.05, 0.1) is 22.8 Å². The summed E-state index contributed by atoms with van der Waals surface area (Å²) in [4.78, 5) is 13.2. The molecule has 25 heavy (non-hydrogen) atoms. The number of aryl methyl sites for hydroxylation is 2. The average Bonchev–Trinajstić information content (AvgIpc) is 2.53. The summed E-state index contributed by atoms with van der Waals surface area (Å²) in [6.07, 6.45) is 3.35. The highest BCUT2D eigenvalue weighted by atomic mass is 32.2. The van der Waals surface area contributed by atoms with Crippen LogP contribution < -0.4 is 0 Å². The fourth-order valence-corrected chi connectivity index (χ4v) is 3.08. The molecule has 0 bridgehead atoms. The zero-order chi connectivity index (χ0) is 18.0. The van der Waals surface area contributed by atoms with Crippen molar-refractivity contribution in [2.75, 3.05) is 0 Å². The maximum Gasteiger partial charge on any atom is 0.269 e. The molecule has 3 aromatic heterocycles. The number of hydrogen-bond acceptors (Lipinski definition) is 5. The van der Waals surface area contributed by atoms with Crippen molar-refractivity contribution in [2.24, 2.45) is 0 Å². The van der Waals surface area contributed by atoms with E-state index in [4.69, 9.17) is 0 Å². The van der Waals surface area contributed by atoms with Crippen molar-refractivity contribution in [1.82, 2.24) is 15.0 Å². The molecular formula is C18H17N3O3S. The van der Waals surface area contributed by atoms with Gasteiger partial charge in [-0.15, -0.1) is 0 Å². The highest BCUT2D eigenvalue weighted by molar-refractivity contribution is 7.85. The van der Waals surface area contributed by atoms with E-state index in [9.17, 15) is 13.0 Å². The van der Waals surface area contributed by atoms with Crippen molar-refractivity contribution in [3.63, 3.8) is 0 Å². The van der Waals surface area contributed by atoms with Gasteiger partial charge in [0.15, 0.2) is 0 Å². The second-order valence-electron chi connectivity index (χ2n) is 5.91. The summed E-state index contributed by atoms with van der Waals surface area (Å²) < 4.78 is 31.8. The van der Waals surface area contributed by atoms with E-state index < -0.39 is 15.9 Å². The molecule has 0 unspecified atom stereocenters. The smallest absolute Gasteiger partial charge is 0.269 e. The quantitative estimate of drug-likeness (QED) is 0.722. The first-order valence-electron chi connectivity index (χ1n) is 7.62. The lowest BCUT2D eigenvalue weighted by atomic mass is 10.1. The van der Waals surface area contributed by atoms with Crippen LogP contribution in [0.2, 0.25) is 0 Å². The molecule has 0 amide bonds. The summed E-state index contributed by atoms with van der Waals surface area (Å²) in [7, 11) is -4.16. The van der Waals surface area contributed by atoms with Crippen molar-refractivity contribution >= 4 is 10.1 Å². The number of rotatable bonds is 4. The molecule has 1 N–H and O–H groups in total. The molecule has 6 nitrogen and oxygen atoms in total. The topological polar surface area (TPSA) is 93.0 Å². The lowest BCUT2D eigenvalue weighted by molar-refractivity contribution is 0.482. The first kappa shape index (κ1) is 17.2. The van der Waals surface area contributed by atoms with E-state index >= 15 is 0 Å². The Balaban J connectivity index is 2.18. The van der Waals surface area contributed by atoms with Gasteiger partial charge in [0.25, 0.3) is 10.1 Å². The van der Waals surface area contributed by atoms with Crippen LogP contribution >= 0.6 is 0 Å². The van der Waals surface area contributed by atoms with Crippen LogP contribution in [0.25, 0.3) is 22.8 Å². The summed E-state index contributed by atoms with van der Waals surface area (Å²) in [5.41, 5.74) is 4.78. The zero-order valence-electron chi connectivity index (χ0n) is 13.8. The SMILES string of the molecule is Cc1ccnc(-c2cc(CS(=O)(=O)O)cc(-c3cc(C)ccn3)n2)c1. The molecule has 3 aromatic rings. The average molecular weight is 355 g/mol. The molecule has 0 atom stereocenters. The summed E-state index contributed by atoms with van der Waals surface area (Å²) in [6.45, 7) is 3.88. The molecule has 3 heterocycles. The molecule has 0 aliphatic carbocycles. The minimum Gasteiger partial charge on any atom is -0.285 e. The Kier molecular flexibility index (Phi) is 4.61. The number of pyridine rings is 3. The molecule has 0 fully saturated rings. The number of nitrogens with zero attached hydrogens (tertiary/aromatic N) is 3. The third-order valence-electron chi connectivity index (χ3n) is 3.59. The minimum absolute atomic E-state index is 0.425. The van der Waals surface area contributed by atoms with Crippen molar-refractivity contribution < 1.29 is 13.0 Å². The van der Waals surface area contributed by atoms with E-state index in [1.165, 1.54) is 0 Å². The highest BCUT2D eigenvalue weighted by Crippen LogP contribution is 2.24. The summed E-state index contributed by atoms with van der Waals surface area (Å²) in [5.74, 6) is -0.493. The molecule has 128 valence electrons. The Bertz CT molecular complexity index is 969. The largest absolute Gasteiger partial charge is 0.285 e. The van der Waals surface area contributed by atoms with Crippen LogP contribution in [-0.4, -0.2) is 27.9 Å². The Labute approximate surface area is 146 Å². The Morgan fingerprint density at radius 3 is 1.72 bits per heavy atom. The van der Waals surface area contributed by atoms with Gasteiger partial charge in [-0.25, -0.2) is 4.98 Å². The van der Waals surface area contributed by atoms with E-state index in [-0.39, 0.29) is 0 Å². The van der Waals surface area contributed by atoms with Crippen LogP contribution in [0, 0.1) is 13.8 Å². The summed E-state index contributed by atoms with van der Waals surface area (Å²) >= 11 is 0. The molecule has 0 saturated carbocycles. The van der Waals surface area contributed by atoms with E-state index in [2.05, 4.69) is 15.0 Å². The van der Waals surface area contributed by atoms with Gasteiger partial charge in [-0.2, -0.15) is 8.42 Å². The van der Waals surface area contributed by atoms with Gasteiger partial charge in [0.1, 0.15) is 5.75 Å². The predicted octanol–water partition coefficient (Wildman–Crippen LogP) is 3.21. The van der Waals surface area contributed by atoms with Crippen LogP contribution in [0.15, 0.2) is 48.8 Å². The van der Waals surface area contributed by atoms with Crippen LogP contribution in [-0.2, 0) is 15.9 Å². The molecule has 0 saturated heterocycles. The molecule has 0 aromatic carbocycles. The van der Waals surface area contributed by atoms with Crippen molar-refractivity contribution in [1.29, 1.82) is 0 Å². The van der Waals surface area contributed by atoms with E-state index in [0.717, 1.165) is 11.1 Å². The Hall–Kier alpha value is -2.64. The molecular weight excluding hydrogens is 338 g/mol. The first-order chi connectivity index (χ1) is 11.8. The standard InChI is InChI=1S/C18H17N3O3S/c1-12-3-5-19-15(7-12)17-9-14(11-25(22,23)24)10-18(21-17)16-8-13(2)4-6-20-16/h3-10H,11H2,1-2H3,(H,22,23,24). The lowest BCUT2D eigenvalue weighted by Gasteiger charge is -2.09. The van der Waals surface area contributed by atoms with E-state index in [1.54, 1.807) is 24.5 Å². The fraction of sp³-hybridized carbons (Fsp3) is 0.167. The van der Waals surface area contributed by atoms with Gasteiger partial charge in [0, 0.05) is 12.4 Å². The number of aromatic nitrogens is 3. The molecule has 0 aliphatic heterocycles. The Morgan fingerprint density at radius 2 is 1.32 bits per heavy atom. The van der Waals surface area contributed by atoms with Gasteiger partial charge >= 0.3 is 0 Å². The third-order valence-corrected chi connectivity index (χ3v) is 4.29. The normalized spacial score (nSPS) is 11.5. The first-order valence-corrected chi connectivity index (χ1v) is 9.23. The summed E-state index contributed by atoms with van der Waals surface area (Å²) in [5, 5.41) is 0. The van der Waals surface area contributed by atoms with E-state index in [1.807, 2.05) is 38.1 Å². The van der Waals surface area contributed by atoms with Crippen molar-refractivity contribution in [3.8, 4) is 22.8 Å². The number of hydrogen-bond donors (Lipinski definition) is 1. The zero-order valence-corrected chi connectivity index (χ0v) is 14.7. The van der Waals surface area contributed by atoms with E-state index in [0.29, 0.717) is 28.3 Å². The highest BCUT2D eigenvalue weighted by Gasteiger charge is 2.13. The van der Waals surface area contributed by atoms with Crippen LogP contribution in [0.3, 0.4) is 0 Å². The molecule has 3 rings (SSSR count). The lowest BCUT2D eigenvalue weighted by Crippen LogP contribution is -2.03. The van der Waals surface area contributed by atoms with Gasteiger partial charge in [-0.1, -0.05) is 0 Å². The monoisotopic (exact) mass is 355 g/mol. The van der Waals surface area contributed by atoms with Crippen molar-refractivity contribution in [2.45, 2.75) is 19.6 Å². The summed E-state index contributed by atoms with van der Waals surface area (Å²) in [6, 6.07) is 10.7. The molecule has 0 radical (unpaired) electrons. The van der Waals surface area contributed by atoms with Gasteiger partial charge < -0.3 is 0 Å². The third kappa shape index (κ3) is 4.46. The Morgan fingerprint density at radius 1 is 0.840 bits per heavy atom. The molecule has 7 heteroatoms. The van der Waals surface area contributed by atoms with Gasteiger partial charge in [-0.05, 0) is 66.9 Å². The maximum atomic E-state index is 11.3. The molecule has 0 aliphatic rings. The van der Waals surface area contributed by atoms with Crippen LogP contribution in [0.1, 0.15) is 16.7 Å². The fourth-order valence-electron chi connectivity index (χ4n) is 2.50. The van der Waals surface area contributed by atoms with Gasteiger partial charge in [0.2, 0.25) is 0 Å². The van der Waals surface area contributed by atoms with Crippen LogP contribution in [0.5, 0.6) is 0 Å². The second kappa shape index (κ2) is 6.70. The second-order valence-corrected chi connectivity index (χ2v) is 7.36. The minimum atomic E-state index is -4.16. The molecule has 0 spiro atoms. The predicted molar refractivity (Wildman–Crippen MR) is 95.4 cm³/mol. The van der Waals surface area contributed by atoms with Crippen molar-refractivity contribution in [3.05, 3.63) is 65.5 Å².